The molecule has 0 aliphatic carbocycles. The molecule has 0 saturated heterocycles. The Morgan fingerprint density at radius 2 is 1.80 bits per heavy atom. The second-order valence-corrected chi connectivity index (χ2v) is 5.38. The van der Waals surface area contributed by atoms with E-state index in [1.54, 1.807) is 11.3 Å². The lowest BCUT2D eigenvalue weighted by molar-refractivity contribution is 0.395. The zero-order chi connectivity index (χ0) is 14.1. The summed E-state index contributed by atoms with van der Waals surface area (Å²) in [5.74, 6) is -2.83. The van der Waals surface area contributed by atoms with E-state index in [0.29, 0.717) is 5.56 Å². The summed E-state index contributed by atoms with van der Waals surface area (Å²) < 4.78 is 27.6. The monoisotopic (exact) mass is 291 g/mol. The van der Waals surface area contributed by atoms with Crippen LogP contribution in [-0.2, 0) is 6.54 Å². The molecule has 0 aliphatic rings. The van der Waals surface area contributed by atoms with E-state index >= 15 is 0 Å². The largest absolute Gasteiger partial charge is 0.503 e. The third kappa shape index (κ3) is 2.44. The molecule has 0 unspecified atom stereocenters. The minimum absolute atomic E-state index is 0.282. The van der Waals surface area contributed by atoms with Gasteiger partial charge in [0.05, 0.1) is 0 Å². The van der Waals surface area contributed by atoms with Crippen LogP contribution in [0.25, 0.3) is 10.1 Å². The Kier molecular flexibility index (Phi) is 3.28. The first-order valence-corrected chi connectivity index (χ1v) is 6.89. The fourth-order valence-electron chi connectivity index (χ4n) is 2.00. The maximum atomic E-state index is 13.2. The minimum Gasteiger partial charge on any atom is -0.503 e. The van der Waals surface area contributed by atoms with Crippen molar-refractivity contribution in [2.75, 3.05) is 5.32 Å². The molecule has 0 radical (unpaired) electrons. The third-order valence-corrected chi connectivity index (χ3v) is 3.92. The van der Waals surface area contributed by atoms with Crippen LogP contribution >= 0.6 is 11.3 Å². The molecule has 0 bridgehead atoms. The smallest absolute Gasteiger partial charge is 0.187 e. The Labute approximate surface area is 118 Å². The van der Waals surface area contributed by atoms with Gasteiger partial charge in [-0.05, 0) is 52.7 Å². The quantitative estimate of drug-likeness (QED) is 0.745. The molecule has 0 spiro atoms. The van der Waals surface area contributed by atoms with E-state index in [0.717, 1.165) is 23.2 Å². The molecule has 102 valence electrons. The molecule has 0 aliphatic heterocycles. The van der Waals surface area contributed by atoms with Crippen LogP contribution in [0.1, 0.15) is 5.56 Å². The SMILES string of the molecule is Oc1c(F)cc(CNc2ccc3sccc3c2)cc1F. The molecular formula is C15H11F2NOS. The molecule has 1 aromatic heterocycles. The highest BCUT2D eigenvalue weighted by molar-refractivity contribution is 7.17. The Hall–Kier alpha value is -2.14. The van der Waals surface area contributed by atoms with Gasteiger partial charge in [0.1, 0.15) is 0 Å². The molecule has 0 atom stereocenters. The average Bonchev–Trinajstić information content (AvgIpc) is 2.89. The van der Waals surface area contributed by atoms with Gasteiger partial charge in [0.2, 0.25) is 0 Å². The van der Waals surface area contributed by atoms with E-state index in [2.05, 4.69) is 5.32 Å². The number of halogens is 2. The standard InChI is InChI=1S/C15H11F2NOS/c16-12-5-9(6-13(17)15(12)19)8-18-11-1-2-14-10(7-11)3-4-20-14/h1-7,18-19H,8H2. The topological polar surface area (TPSA) is 32.3 Å². The van der Waals surface area contributed by atoms with Crippen molar-refractivity contribution in [2.45, 2.75) is 6.54 Å². The summed E-state index contributed by atoms with van der Waals surface area (Å²) in [6.07, 6.45) is 0. The molecule has 20 heavy (non-hydrogen) atoms. The number of hydrogen-bond acceptors (Lipinski definition) is 3. The summed E-state index contributed by atoms with van der Waals surface area (Å²) in [4.78, 5) is 0. The van der Waals surface area contributed by atoms with Gasteiger partial charge < -0.3 is 10.4 Å². The highest BCUT2D eigenvalue weighted by atomic mass is 32.1. The molecule has 3 rings (SSSR count). The molecular weight excluding hydrogens is 280 g/mol. The van der Waals surface area contributed by atoms with Gasteiger partial charge in [-0.3, -0.25) is 0 Å². The van der Waals surface area contributed by atoms with Crippen molar-refractivity contribution in [3.8, 4) is 5.75 Å². The van der Waals surface area contributed by atoms with Crippen LogP contribution in [0.3, 0.4) is 0 Å². The molecule has 2 aromatic carbocycles. The van der Waals surface area contributed by atoms with Gasteiger partial charge in [0.15, 0.2) is 17.4 Å². The van der Waals surface area contributed by atoms with E-state index < -0.39 is 17.4 Å². The van der Waals surface area contributed by atoms with Crippen molar-refractivity contribution in [3.05, 3.63) is 59.0 Å². The van der Waals surface area contributed by atoms with Crippen molar-refractivity contribution < 1.29 is 13.9 Å². The summed E-state index contributed by atoms with van der Waals surface area (Å²) in [6, 6.07) is 10.2. The van der Waals surface area contributed by atoms with Gasteiger partial charge >= 0.3 is 0 Å². The van der Waals surface area contributed by atoms with Crippen molar-refractivity contribution in [1.82, 2.24) is 0 Å². The van der Waals surface area contributed by atoms with E-state index in [1.165, 1.54) is 4.70 Å². The maximum Gasteiger partial charge on any atom is 0.187 e. The van der Waals surface area contributed by atoms with Crippen LogP contribution in [0.4, 0.5) is 14.5 Å². The first kappa shape index (κ1) is 12.9. The number of phenolic OH excluding ortho intramolecular Hbond substituents is 1. The summed E-state index contributed by atoms with van der Waals surface area (Å²) in [6.45, 7) is 0.282. The Morgan fingerprint density at radius 3 is 2.55 bits per heavy atom. The summed E-state index contributed by atoms with van der Waals surface area (Å²) in [5.41, 5.74) is 1.31. The van der Waals surface area contributed by atoms with Crippen LogP contribution in [0.15, 0.2) is 41.8 Å². The van der Waals surface area contributed by atoms with E-state index in [4.69, 9.17) is 5.11 Å². The summed E-state index contributed by atoms with van der Waals surface area (Å²) >= 11 is 1.66. The number of hydrogen-bond donors (Lipinski definition) is 2. The van der Waals surface area contributed by atoms with E-state index in [-0.39, 0.29) is 6.54 Å². The van der Waals surface area contributed by atoms with Gasteiger partial charge in [-0.25, -0.2) is 8.78 Å². The van der Waals surface area contributed by atoms with Crippen molar-refractivity contribution in [3.63, 3.8) is 0 Å². The molecule has 2 nitrogen and oxygen atoms in total. The second-order valence-electron chi connectivity index (χ2n) is 4.43. The predicted octanol–water partition coefficient (Wildman–Crippen LogP) is 4.50. The second kappa shape index (κ2) is 5.09. The first-order valence-electron chi connectivity index (χ1n) is 6.01. The highest BCUT2D eigenvalue weighted by Crippen LogP contribution is 2.25. The number of aromatic hydroxyl groups is 1. The zero-order valence-corrected chi connectivity index (χ0v) is 11.2. The lowest BCUT2D eigenvalue weighted by atomic mass is 10.2. The highest BCUT2D eigenvalue weighted by Gasteiger charge is 2.09. The molecule has 3 aromatic rings. The molecule has 0 saturated carbocycles. The van der Waals surface area contributed by atoms with Gasteiger partial charge in [0.25, 0.3) is 0 Å². The fraction of sp³-hybridized carbons (Fsp3) is 0.0667. The number of phenols is 1. The Balaban J connectivity index is 1.78. The van der Waals surface area contributed by atoms with Crippen molar-refractivity contribution >= 4 is 27.1 Å². The number of nitrogens with one attached hydrogen (secondary N) is 1. The number of rotatable bonds is 3. The fourth-order valence-corrected chi connectivity index (χ4v) is 2.77. The lowest BCUT2D eigenvalue weighted by Gasteiger charge is -2.08. The molecule has 0 fully saturated rings. The average molecular weight is 291 g/mol. The Morgan fingerprint density at radius 1 is 1.05 bits per heavy atom. The number of fused-ring (bicyclic) bond motifs is 1. The first-order chi connectivity index (χ1) is 9.63. The van der Waals surface area contributed by atoms with Gasteiger partial charge in [-0.2, -0.15) is 0 Å². The van der Waals surface area contributed by atoms with Crippen LogP contribution in [-0.4, -0.2) is 5.11 Å². The third-order valence-electron chi connectivity index (χ3n) is 3.03. The maximum absolute atomic E-state index is 13.2. The van der Waals surface area contributed by atoms with Gasteiger partial charge in [-0.1, -0.05) is 0 Å². The number of anilines is 1. The lowest BCUT2D eigenvalue weighted by Crippen LogP contribution is -2.00. The van der Waals surface area contributed by atoms with Crippen LogP contribution in [0, 0.1) is 11.6 Å². The molecule has 1 heterocycles. The summed E-state index contributed by atoms with van der Waals surface area (Å²) in [7, 11) is 0. The predicted molar refractivity (Wildman–Crippen MR) is 77.2 cm³/mol. The summed E-state index contributed by atoms with van der Waals surface area (Å²) in [5, 5.41) is 15.3. The van der Waals surface area contributed by atoms with Gasteiger partial charge in [-0.15, -0.1) is 11.3 Å². The van der Waals surface area contributed by atoms with Gasteiger partial charge in [0, 0.05) is 16.9 Å². The van der Waals surface area contributed by atoms with Crippen LogP contribution in [0.5, 0.6) is 5.75 Å². The Bertz CT molecular complexity index is 746. The minimum atomic E-state index is -0.949. The van der Waals surface area contributed by atoms with E-state index in [1.807, 2.05) is 29.6 Å². The molecule has 0 amide bonds. The number of benzene rings is 2. The van der Waals surface area contributed by atoms with Crippen molar-refractivity contribution in [2.24, 2.45) is 0 Å². The van der Waals surface area contributed by atoms with E-state index in [9.17, 15) is 8.78 Å². The zero-order valence-electron chi connectivity index (χ0n) is 10.4. The van der Waals surface area contributed by atoms with Crippen LogP contribution < -0.4 is 5.32 Å². The number of thiophene rings is 1. The van der Waals surface area contributed by atoms with Crippen LogP contribution in [0.2, 0.25) is 0 Å². The molecule has 5 heteroatoms. The van der Waals surface area contributed by atoms with Crippen molar-refractivity contribution in [1.29, 1.82) is 0 Å². The molecule has 2 N–H and O–H groups in total. The normalized spacial score (nSPS) is 10.9.